The fraction of sp³-hybridized carbons (Fsp3) is 0.314. The maximum absolute atomic E-state index is 12.9. The number of nitrogens with zero attached hydrogens (tertiary/aromatic N) is 2. The van der Waals surface area contributed by atoms with E-state index in [0.29, 0.717) is 11.5 Å². The first-order valence-corrected chi connectivity index (χ1v) is 16.5. The largest absolute Gasteiger partial charge is 0.325 e. The molecule has 0 saturated carbocycles. The molecule has 43 heavy (non-hydrogen) atoms. The van der Waals surface area contributed by atoms with Gasteiger partial charge in [-0.3, -0.25) is 9.59 Å². The highest BCUT2D eigenvalue weighted by molar-refractivity contribution is 8.00. The lowest BCUT2D eigenvalue weighted by atomic mass is 9.90. The molecule has 8 heteroatoms. The van der Waals surface area contributed by atoms with E-state index in [0.717, 1.165) is 50.1 Å². The smallest absolute Gasteiger partial charge is 0.234 e. The van der Waals surface area contributed by atoms with Crippen molar-refractivity contribution in [3.8, 4) is 0 Å². The Morgan fingerprint density at radius 3 is 1.44 bits per heavy atom. The highest BCUT2D eigenvalue weighted by Gasteiger charge is 2.18. The molecule has 4 rings (SSSR count). The summed E-state index contributed by atoms with van der Waals surface area (Å²) in [5.41, 5.74) is 8.53. The van der Waals surface area contributed by atoms with Crippen LogP contribution in [0.2, 0.25) is 0 Å². The van der Waals surface area contributed by atoms with Crippen molar-refractivity contribution in [1.29, 1.82) is 0 Å². The Kier molecular flexibility index (Phi) is 11.4. The van der Waals surface area contributed by atoms with Gasteiger partial charge in [0.25, 0.3) is 0 Å². The summed E-state index contributed by atoms with van der Waals surface area (Å²) in [5, 5.41) is 8.00. The highest BCUT2D eigenvalue weighted by Crippen LogP contribution is 2.33. The highest BCUT2D eigenvalue weighted by atomic mass is 32.2. The predicted octanol–water partition coefficient (Wildman–Crippen LogP) is 8.39. The fourth-order valence-electron chi connectivity index (χ4n) is 4.97. The molecule has 0 unspecified atom stereocenters. The zero-order valence-electron chi connectivity index (χ0n) is 25.7. The second-order valence-electron chi connectivity index (χ2n) is 11.2. The number of nitrogens with one attached hydrogen (secondary N) is 2. The molecule has 2 aromatic carbocycles. The summed E-state index contributed by atoms with van der Waals surface area (Å²) < 4.78 is 0. The maximum Gasteiger partial charge on any atom is 0.234 e. The van der Waals surface area contributed by atoms with Crippen molar-refractivity contribution in [1.82, 2.24) is 9.97 Å². The molecule has 0 aliphatic rings. The number of amides is 2. The second-order valence-corrected chi connectivity index (χ2v) is 13.2. The fourth-order valence-corrected chi connectivity index (χ4v) is 6.29. The van der Waals surface area contributed by atoms with E-state index in [1.807, 2.05) is 36.4 Å². The predicted molar refractivity (Wildman–Crippen MR) is 181 cm³/mol. The minimum atomic E-state index is -0.0401. The van der Waals surface area contributed by atoms with Crippen LogP contribution in [0.4, 0.5) is 11.4 Å². The summed E-state index contributed by atoms with van der Waals surface area (Å²) in [6.07, 6.45) is 4.23. The second kappa shape index (κ2) is 15.2. The molecule has 2 N–H and O–H groups in total. The lowest BCUT2D eigenvalue weighted by Gasteiger charge is -2.21. The number of carbonyl (C=O) groups excluding carboxylic acids is 2. The molecule has 2 heterocycles. The summed E-state index contributed by atoms with van der Waals surface area (Å²) in [7, 11) is 0. The molecule has 0 spiro atoms. The first kappa shape index (κ1) is 32.3. The molecular formula is C35H40N4O2S2. The zero-order chi connectivity index (χ0) is 30.9. The van der Waals surface area contributed by atoms with Gasteiger partial charge in [0.1, 0.15) is 0 Å². The van der Waals surface area contributed by atoms with Gasteiger partial charge in [-0.15, -0.1) is 0 Å². The molecule has 0 saturated heterocycles. The molecule has 2 amide bonds. The third-order valence-electron chi connectivity index (χ3n) is 7.01. The summed E-state index contributed by atoms with van der Waals surface area (Å²) >= 11 is 2.86. The lowest BCUT2D eigenvalue weighted by Crippen LogP contribution is -2.17. The number of benzene rings is 2. The van der Waals surface area contributed by atoms with Crippen molar-refractivity contribution in [3.05, 3.63) is 106 Å². The van der Waals surface area contributed by atoms with Crippen LogP contribution in [0, 0.1) is 13.8 Å². The molecule has 0 fully saturated rings. The summed E-state index contributed by atoms with van der Waals surface area (Å²) in [4.78, 5) is 34.3. The van der Waals surface area contributed by atoms with Crippen LogP contribution >= 0.6 is 23.5 Å². The minimum absolute atomic E-state index is 0.0401. The van der Waals surface area contributed by atoms with Gasteiger partial charge in [0.15, 0.2) is 0 Å². The number of pyridine rings is 2. The number of anilines is 2. The van der Waals surface area contributed by atoms with E-state index in [2.05, 4.69) is 86.4 Å². The number of hydrogen-bond acceptors (Lipinski definition) is 6. The number of rotatable bonds is 12. The maximum atomic E-state index is 12.9. The van der Waals surface area contributed by atoms with Gasteiger partial charge in [0, 0.05) is 23.8 Å². The standard InChI is InChI=1S/C35H40N4O2S2/c1-22(2)28-18-26(15-24(5)34(28)38-30(40)20-42-32-11-7-9-13-36-32)17-27-16-25(6)35(29(19-27)23(3)4)39-31(41)21-43-33-12-8-10-14-37-33/h7-16,18-19,22-23H,17,20-21H2,1-6H3,(H,38,40)(H,39,41). The Morgan fingerprint density at radius 2 is 1.09 bits per heavy atom. The summed E-state index contributed by atoms with van der Waals surface area (Å²) in [5.74, 6) is 1.01. The third-order valence-corrected chi connectivity index (χ3v) is 8.90. The van der Waals surface area contributed by atoms with E-state index in [1.54, 1.807) is 12.4 Å². The number of carbonyl (C=O) groups is 2. The molecule has 6 nitrogen and oxygen atoms in total. The van der Waals surface area contributed by atoms with Gasteiger partial charge in [-0.2, -0.15) is 0 Å². The minimum Gasteiger partial charge on any atom is -0.325 e. The van der Waals surface area contributed by atoms with Gasteiger partial charge in [-0.1, -0.05) is 87.6 Å². The van der Waals surface area contributed by atoms with E-state index in [-0.39, 0.29) is 23.7 Å². The van der Waals surface area contributed by atoms with Crippen LogP contribution in [0.25, 0.3) is 0 Å². The van der Waals surface area contributed by atoms with Crippen LogP contribution < -0.4 is 10.6 Å². The van der Waals surface area contributed by atoms with E-state index >= 15 is 0 Å². The monoisotopic (exact) mass is 612 g/mol. The van der Waals surface area contributed by atoms with Gasteiger partial charge in [-0.25, -0.2) is 9.97 Å². The Hall–Kier alpha value is -3.62. The van der Waals surface area contributed by atoms with E-state index in [1.165, 1.54) is 34.7 Å². The van der Waals surface area contributed by atoms with Gasteiger partial charge >= 0.3 is 0 Å². The molecule has 0 radical (unpaired) electrons. The molecule has 0 aliphatic carbocycles. The molecule has 0 bridgehead atoms. The molecule has 2 aromatic heterocycles. The van der Waals surface area contributed by atoms with Crippen molar-refractivity contribution < 1.29 is 9.59 Å². The normalized spacial score (nSPS) is 11.2. The molecular weight excluding hydrogens is 573 g/mol. The summed E-state index contributed by atoms with van der Waals surface area (Å²) in [6.45, 7) is 12.7. The van der Waals surface area contributed by atoms with Crippen molar-refractivity contribution in [2.45, 2.75) is 69.9 Å². The zero-order valence-corrected chi connectivity index (χ0v) is 27.4. The Labute approximate surface area is 263 Å². The van der Waals surface area contributed by atoms with Crippen molar-refractivity contribution in [3.63, 3.8) is 0 Å². The first-order chi connectivity index (χ1) is 20.6. The quantitative estimate of drug-likeness (QED) is 0.156. The van der Waals surface area contributed by atoms with Gasteiger partial charge in [-0.05, 0) is 89.8 Å². The number of aryl methyl sites for hydroxylation is 2. The van der Waals surface area contributed by atoms with E-state index in [9.17, 15) is 9.59 Å². The number of aromatic nitrogens is 2. The average molecular weight is 613 g/mol. The number of thioether (sulfide) groups is 2. The lowest BCUT2D eigenvalue weighted by molar-refractivity contribution is -0.114. The molecule has 224 valence electrons. The Balaban J connectivity index is 1.49. The SMILES string of the molecule is Cc1cc(Cc2cc(C)c(NC(=O)CSc3ccccn3)c(C(C)C)c2)cc(C(C)C)c1NC(=O)CSc1ccccn1. The summed E-state index contributed by atoms with van der Waals surface area (Å²) in [6, 6.07) is 20.2. The van der Waals surface area contributed by atoms with Gasteiger partial charge < -0.3 is 10.6 Å². The van der Waals surface area contributed by atoms with E-state index in [4.69, 9.17) is 0 Å². The Morgan fingerprint density at radius 1 is 0.674 bits per heavy atom. The third kappa shape index (κ3) is 9.18. The molecule has 0 atom stereocenters. The number of hydrogen-bond donors (Lipinski definition) is 2. The van der Waals surface area contributed by atoms with Gasteiger partial charge in [0.2, 0.25) is 11.8 Å². The molecule has 0 aliphatic heterocycles. The Bertz CT molecular complexity index is 1440. The van der Waals surface area contributed by atoms with Crippen LogP contribution in [0.15, 0.2) is 83.1 Å². The first-order valence-electron chi connectivity index (χ1n) is 14.5. The van der Waals surface area contributed by atoms with E-state index < -0.39 is 0 Å². The van der Waals surface area contributed by atoms with Crippen LogP contribution in [-0.2, 0) is 16.0 Å². The average Bonchev–Trinajstić information content (AvgIpc) is 2.98. The van der Waals surface area contributed by atoms with Crippen molar-refractivity contribution in [2.75, 3.05) is 22.1 Å². The van der Waals surface area contributed by atoms with Crippen LogP contribution in [0.1, 0.15) is 72.9 Å². The van der Waals surface area contributed by atoms with Crippen molar-refractivity contribution >= 4 is 46.7 Å². The van der Waals surface area contributed by atoms with Gasteiger partial charge in [0.05, 0.1) is 21.6 Å². The van der Waals surface area contributed by atoms with Crippen LogP contribution in [-0.4, -0.2) is 33.3 Å². The van der Waals surface area contributed by atoms with Crippen molar-refractivity contribution in [2.24, 2.45) is 0 Å². The topological polar surface area (TPSA) is 84.0 Å². The van der Waals surface area contributed by atoms with Crippen LogP contribution in [0.5, 0.6) is 0 Å². The van der Waals surface area contributed by atoms with Crippen LogP contribution in [0.3, 0.4) is 0 Å². The molecule has 4 aromatic rings.